The van der Waals surface area contributed by atoms with Gasteiger partial charge in [-0.25, -0.2) is 14.3 Å². The van der Waals surface area contributed by atoms with E-state index < -0.39 is 18.1 Å². The van der Waals surface area contributed by atoms with Crippen molar-refractivity contribution in [3.8, 4) is 5.69 Å². The molecule has 1 aromatic heterocycles. The summed E-state index contributed by atoms with van der Waals surface area (Å²) in [4.78, 5) is 24.6. The molecule has 1 atom stereocenters. The highest BCUT2D eigenvalue weighted by atomic mass is 35.5. The third-order valence-corrected chi connectivity index (χ3v) is 4.15. The summed E-state index contributed by atoms with van der Waals surface area (Å²) >= 11 is 12.0. The Balaban J connectivity index is 1.68. The van der Waals surface area contributed by atoms with Crippen LogP contribution in [-0.4, -0.2) is 57.6 Å². The third kappa shape index (κ3) is 4.04. The number of carboxylic acids is 1. The predicted octanol–water partition coefficient (Wildman–Crippen LogP) is 2.50. The van der Waals surface area contributed by atoms with Crippen molar-refractivity contribution in [2.75, 3.05) is 25.0 Å². The number of nitrogens with one attached hydrogen (secondary N) is 1. The summed E-state index contributed by atoms with van der Waals surface area (Å²) in [5, 5.41) is 16.8. The average molecular weight is 385 g/mol. The van der Waals surface area contributed by atoms with Gasteiger partial charge < -0.3 is 14.7 Å². The molecule has 2 heterocycles. The first-order chi connectivity index (χ1) is 11.9. The van der Waals surface area contributed by atoms with Crippen LogP contribution in [0.15, 0.2) is 30.5 Å². The number of hydrogen-bond donors (Lipinski definition) is 2. The lowest BCUT2D eigenvalue weighted by Crippen LogP contribution is -2.49. The SMILES string of the molecule is O=C(O)[C@@H]1CN(C(=O)Nc2ccn(-c3ccc(Cl)cc3Cl)n2)CCO1. The number of ether oxygens (including phenoxy) is 1. The number of carbonyl (C=O) groups excluding carboxylic acids is 1. The molecule has 1 fully saturated rings. The number of amides is 2. The van der Waals surface area contributed by atoms with Gasteiger partial charge in [0, 0.05) is 23.8 Å². The Morgan fingerprint density at radius 3 is 2.84 bits per heavy atom. The van der Waals surface area contributed by atoms with Crippen molar-refractivity contribution in [3.05, 3.63) is 40.5 Å². The summed E-state index contributed by atoms with van der Waals surface area (Å²) < 4.78 is 6.60. The smallest absolute Gasteiger partial charge is 0.334 e. The first kappa shape index (κ1) is 17.5. The number of morpholine rings is 1. The van der Waals surface area contributed by atoms with Gasteiger partial charge in [0.05, 0.1) is 23.9 Å². The zero-order valence-electron chi connectivity index (χ0n) is 12.9. The number of rotatable bonds is 3. The van der Waals surface area contributed by atoms with Crippen LogP contribution in [0.3, 0.4) is 0 Å². The van der Waals surface area contributed by atoms with Gasteiger partial charge in [-0.3, -0.25) is 5.32 Å². The molecule has 2 N–H and O–H groups in total. The van der Waals surface area contributed by atoms with E-state index in [1.54, 1.807) is 30.5 Å². The fourth-order valence-corrected chi connectivity index (χ4v) is 2.86. The summed E-state index contributed by atoms with van der Waals surface area (Å²) in [6.07, 6.45) is 0.620. The van der Waals surface area contributed by atoms with Crippen LogP contribution in [0, 0.1) is 0 Å². The minimum absolute atomic E-state index is 0.0229. The van der Waals surface area contributed by atoms with Gasteiger partial charge in [0.1, 0.15) is 0 Å². The van der Waals surface area contributed by atoms with Gasteiger partial charge in [0.15, 0.2) is 11.9 Å². The minimum atomic E-state index is -1.10. The molecule has 25 heavy (non-hydrogen) atoms. The van der Waals surface area contributed by atoms with Gasteiger partial charge in [-0.05, 0) is 18.2 Å². The van der Waals surface area contributed by atoms with Crippen LogP contribution >= 0.6 is 23.2 Å². The highest BCUT2D eigenvalue weighted by Crippen LogP contribution is 2.24. The van der Waals surface area contributed by atoms with Gasteiger partial charge in [-0.1, -0.05) is 23.2 Å². The Labute approximate surface area is 152 Å². The molecular formula is C15H14Cl2N4O4. The van der Waals surface area contributed by atoms with Crippen LogP contribution in [0.2, 0.25) is 10.0 Å². The monoisotopic (exact) mass is 384 g/mol. The van der Waals surface area contributed by atoms with Crippen LogP contribution in [0.4, 0.5) is 10.6 Å². The first-order valence-electron chi connectivity index (χ1n) is 7.35. The van der Waals surface area contributed by atoms with Crippen molar-refractivity contribution >= 4 is 41.0 Å². The molecule has 0 aliphatic carbocycles. The maximum Gasteiger partial charge on any atom is 0.334 e. The lowest BCUT2D eigenvalue weighted by Gasteiger charge is -2.30. The Hall–Kier alpha value is -2.29. The Morgan fingerprint density at radius 1 is 1.32 bits per heavy atom. The lowest BCUT2D eigenvalue weighted by atomic mass is 10.3. The molecule has 8 nitrogen and oxygen atoms in total. The van der Waals surface area contributed by atoms with Crippen molar-refractivity contribution in [2.24, 2.45) is 0 Å². The Morgan fingerprint density at radius 2 is 2.12 bits per heavy atom. The van der Waals surface area contributed by atoms with Crippen molar-refractivity contribution < 1.29 is 19.4 Å². The van der Waals surface area contributed by atoms with Crippen LogP contribution in [0.25, 0.3) is 5.69 Å². The van der Waals surface area contributed by atoms with Gasteiger partial charge >= 0.3 is 12.0 Å². The summed E-state index contributed by atoms with van der Waals surface area (Å²) in [6.45, 7) is 0.448. The first-order valence-corrected chi connectivity index (χ1v) is 8.11. The van der Waals surface area contributed by atoms with Crippen molar-refractivity contribution in [1.29, 1.82) is 0 Å². The Bertz CT molecular complexity index is 811. The molecular weight excluding hydrogens is 371 g/mol. The standard InChI is InChI=1S/C15H14Cl2N4O4/c16-9-1-2-11(10(17)7-9)21-4-3-13(19-21)18-15(24)20-5-6-25-12(8-20)14(22)23/h1-4,7,12H,5-6,8H2,(H,22,23)(H,18,19,24)/t12-/m0/s1. The third-order valence-electron chi connectivity index (χ3n) is 3.61. The second-order valence-electron chi connectivity index (χ2n) is 5.32. The van der Waals surface area contributed by atoms with Gasteiger partial charge in [-0.15, -0.1) is 5.10 Å². The zero-order valence-corrected chi connectivity index (χ0v) is 14.4. The summed E-state index contributed by atoms with van der Waals surface area (Å²) in [5.41, 5.74) is 0.615. The predicted molar refractivity (Wildman–Crippen MR) is 91.6 cm³/mol. The van der Waals surface area contributed by atoms with Crippen LogP contribution in [-0.2, 0) is 9.53 Å². The van der Waals surface area contributed by atoms with E-state index >= 15 is 0 Å². The Kier molecular flexibility index (Phi) is 5.12. The van der Waals surface area contributed by atoms with Crippen molar-refractivity contribution in [3.63, 3.8) is 0 Å². The molecule has 1 aromatic carbocycles. The number of benzene rings is 1. The van der Waals surface area contributed by atoms with Gasteiger partial charge in [0.25, 0.3) is 0 Å². The minimum Gasteiger partial charge on any atom is -0.479 e. The normalized spacial score (nSPS) is 17.4. The number of carboxylic acid groups (broad SMARTS) is 1. The fourth-order valence-electron chi connectivity index (χ4n) is 2.36. The summed E-state index contributed by atoms with van der Waals surface area (Å²) in [7, 11) is 0. The van der Waals surface area contributed by atoms with E-state index in [2.05, 4.69) is 10.4 Å². The number of aliphatic carboxylic acids is 1. The number of urea groups is 1. The van der Waals surface area contributed by atoms with Crippen LogP contribution < -0.4 is 5.32 Å². The second-order valence-corrected chi connectivity index (χ2v) is 6.16. The highest BCUT2D eigenvalue weighted by Gasteiger charge is 2.29. The average Bonchev–Trinajstić information content (AvgIpc) is 3.03. The van der Waals surface area contributed by atoms with Crippen molar-refractivity contribution in [1.82, 2.24) is 14.7 Å². The number of halogens is 2. The van der Waals surface area contributed by atoms with Crippen LogP contribution in [0.1, 0.15) is 0 Å². The molecule has 0 spiro atoms. The molecule has 0 saturated carbocycles. The zero-order chi connectivity index (χ0) is 18.0. The maximum atomic E-state index is 12.3. The fraction of sp³-hybridized carbons (Fsp3) is 0.267. The lowest BCUT2D eigenvalue weighted by molar-refractivity contribution is -0.154. The second kappa shape index (κ2) is 7.30. The molecule has 1 aliphatic heterocycles. The summed E-state index contributed by atoms with van der Waals surface area (Å²) in [5.74, 6) is -0.784. The van der Waals surface area contributed by atoms with Gasteiger partial charge in [0.2, 0.25) is 0 Å². The molecule has 0 unspecified atom stereocenters. The molecule has 1 aliphatic rings. The van der Waals surface area contributed by atoms with E-state index in [1.807, 2.05) is 0 Å². The molecule has 1 saturated heterocycles. The van der Waals surface area contributed by atoms with E-state index in [-0.39, 0.29) is 13.2 Å². The molecule has 2 aromatic rings. The number of hydrogen-bond acceptors (Lipinski definition) is 4. The van der Waals surface area contributed by atoms with E-state index in [0.717, 1.165) is 0 Å². The van der Waals surface area contributed by atoms with E-state index in [9.17, 15) is 9.59 Å². The van der Waals surface area contributed by atoms with E-state index in [0.29, 0.717) is 28.1 Å². The topological polar surface area (TPSA) is 96.7 Å². The summed E-state index contributed by atoms with van der Waals surface area (Å²) in [6, 6.07) is 6.16. The highest BCUT2D eigenvalue weighted by molar-refractivity contribution is 6.35. The number of anilines is 1. The quantitative estimate of drug-likeness (QED) is 0.846. The number of carbonyl (C=O) groups is 2. The molecule has 0 bridgehead atoms. The molecule has 132 valence electrons. The largest absolute Gasteiger partial charge is 0.479 e. The number of aromatic nitrogens is 2. The maximum absolute atomic E-state index is 12.3. The number of nitrogens with zero attached hydrogens (tertiary/aromatic N) is 3. The van der Waals surface area contributed by atoms with Gasteiger partial charge in [-0.2, -0.15) is 0 Å². The van der Waals surface area contributed by atoms with E-state index in [1.165, 1.54) is 9.58 Å². The molecule has 3 rings (SSSR count). The van der Waals surface area contributed by atoms with Crippen LogP contribution in [0.5, 0.6) is 0 Å². The molecule has 0 radical (unpaired) electrons. The van der Waals surface area contributed by atoms with Crippen molar-refractivity contribution in [2.45, 2.75) is 6.10 Å². The van der Waals surface area contributed by atoms with E-state index in [4.69, 9.17) is 33.0 Å². The molecule has 10 heteroatoms. The molecule has 2 amide bonds.